The van der Waals surface area contributed by atoms with Crippen LogP contribution in [0.4, 0.5) is 0 Å². The maximum atomic E-state index is 11.7. The second-order valence-corrected chi connectivity index (χ2v) is 6.46. The molecule has 1 N–H and O–H groups in total. The summed E-state index contributed by atoms with van der Waals surface area (Å²) < 4.78 is 0. The Morgan fingerprint density at radius 3 is 1.74 bits per heavy atom. The fourth-order valence-electron chi connectivity index (χ4n) is 2.70. The van der Waals surface area contributed by atoms with Crippen LogP contribution >= 0.6 is 0 Å². The van der Waals surface area contributed by atoms with E-state index in [9.17, 15) is 9.59 Å². The van der Waals surface area contributed by atoms with Crippen molar-refractivity contribution in [1.29, 1.82) is 0 Å². The highest BCUT2D eigenvalue weighted by atomic mass is 16.4. The Bertz CT molecular complexity index is 321. The summed E-state index contributed by atoms with van der Waals surface area (Å²) in [6, 6.07) is 0. The van der Waals surface area contributed by atoms with Gasteiger partial charge >= 0.3 is 5.97 Å². The molecule has 134 valence electrons. The number of Topliss-reactive ketones (excluding diaryl/α,β-unsaturated/α-hetero) is 1. The van der Waals surface area contributed by atoms with Gasteiger partial charge in [-0.1, -0.05) is 70.8 Å². The molecule has 0 spiro atoms. The average molecular weight is 325 g/mol. The van der Waals surface area contributed by atoms with E-state index < -0.39 is 5.97 Å². The quantitative estimate of drug-likeness (QED) is 0.261. The summed E-state index contributed by atoms with van der Waals surface area (Å²) in [7, 11) is 0. The van der Waals surface area contributed by atoms with Crippen LogP contribution in [0, 0.1) is 0 Å². The molecule has 0 saturated carbocycles. The molecule has 0 heterocycles. The zero-order valence-electron chi connectivity index (χ0n) is 15.0. The Morgan fingerprint density at radius 2 is 1.22 bits per heavy atom. The second-order valence-electron chi connectivity index (χ2n) is 6.46. The van der Waals surface area contributed by atoms with Crippen molar-refractivity contribution in [3.05, 3.63) is 12.2 Å². The predicted molar refractivity (Wildman–Crippen MR) is 96.7 cm³/mol. The number of ketones is 1. The van der Waals surface area contributed by atoms with E-state index in [-0.39, 0.29) is 0 Å². The van der Waals surface area contributed by atoms with Crippen LogP contribution in [0.1, 0.15) is 103 Å². The first kappa shape index (κ1) is 21.9. The third-order valence-corrected chi connectivity index (χ3v) is 4.15. The van der Waals surface area contributed by atoms with E-state index in [2.05, 4.69) is 6.92 Å². The molecule has 0 aromatic rings. The van der Waals surface area contributed by atoms with Crippen molar-refractivity contribution in [2.45, 2.75) is 103 Å². The highest BCUT2D eigenvalue weighted by Crippen LogP contribution is 2.12. The monoisotopic (exact) mass is 324 g/mol. The minimum absolute atomic E-state index is 0.454. The van der Waals surface area contributed by atoms with Crippen LogP contribution in [0.5, 0.6) is 0 Å². The van der Waals surface area contributed by atoms with Crippen molar-refractivity contribution in [1.82, 2.24) is 0 Å². The maximum absolute atomic E-state index is 11.7. The molecule has 0 unspecified atom stereocenters. The Morgan fingerprint density at radius 1 is 0.739 bits per heavy atom. The van der Waals surface area contributed by atoms with Gasteiger partial charge in [-0.25, -0.2) is 4.79 Å². The fourth-order valence-corrected chi connectivity index (χ4v) is 2.70. The molecule has 0 amide bonds. The first-order valence-electron chi connectivity index (χ1n) is 9.58. The molecule has 0 aromatic heterocycles. The molecule has 0 radical (unpaired) electrons. The van der Waals surface area contributed by atoms with Crippen LogP contribution in [0.2, 0.25) is 0 Å². The number of carbonyl (C=O) groups is 2. The number of carboxylic acid groups (broad SMARTS) is 1. The predicted octanol–water partition coefficient (Wildman–Crippen LogP) is 6.07. The standard InChI is InChI=1S/C20H36O3/c1-2-3-4-13-16-19(21)17-14-11-9-7-5-6-8-10-12-15-18-20(22)23/h15,18H,2-14,16-17H2,1H3,(H,22,23). The van der Waals surface area contributed by atoms with Crippen LogP contribution < -0.4 is 0 Å². The molecule has 0 saturated heterocycles. The average Bonchev–Trinajstić information content (AvgIpc) is 2.52. The van der Waals surface area contributed by atoms with E-state index in [4.69, 9.17) is 5.11 Å². The van der Waals surface area contributed by atoms with Crippen LogP contribution in [-0.2, 0) is 9.59 Å². The van der Waals surface area contributed by atoms with Gasteiger partial charge in [0.05, 0.1) is 0 Å². The minimum atomic E-state index is -0.857. The molecule has 0 aliphatic heterocycles. The fraction of sp³-hybridized carbons (Fsp3) is 0.800. The number of unbranched alkanes of at least 4 members (excludes halogenated alkanes) is 11. The van der Waals surface area contributed by atoms with Gasteiger partial charge in [0, 0.05) is 18.9 Å². The number of hydrogen-bond donors (Lipinski definition) is 1. The van der Waals surface area contributed by atoms with Crippen LogP contribution in [-0.4, -0.2) is 16.9 Å². The molecular weight excluding hydrogens is 288 g/mol. The number of carbonyl (C=O) groups excluding carboxylic acids is 1. The lowest BCUT2D eigenvalue weighted by Crippen LogP contribution is -1.97. The van der Waals surface area contributed by atoms with Gasteiger partial charge < -0.3 is 5.11 Å². The number of rotatable bonds is 17. The highest BCUT2D eigenvalue weighted by Gasteiger charge is 2.01. The van der Waals surface area contributed by atoms with Crippen LogP contribution in [0.15, 0.2) is 12.2 Å². The zero-order chi connectivity index (χ0) is 17.2. The summed E-state index contributed by atoms with van der Waals surface area (Å²) in [5.41, 5.74) is 0. The second kappa shape index (κ2) is 17.2. The van der Waals surface area contributed by atoms with Gasteiger partial charge in [0.2, 0.25) is 0 Å². The van der Waals surface area contributed by atoms with E-state index in [1.54, 1.807) is 6.08 Å². The summed E-state index contributed by atoms with van der Waals surface area (Å²) in [6.45, 7) is 2.19. The molecule has 3 heteroatoms. The smallest absolute Gasteiger partial charge is 0.327 e. The van der Waals surface area contributed by atoms with E-state index in [1.807, 2.05) is 0 Å². The summed E-state index contributed by atoms with van der Waals surface area (Å²) in [6.07, 6.45) is 19.7. The van der Waals surface area contributed by atoms with Crippen molar-refractivity contribution in [2.75, 3.05) is 0 Å². The molecule has 0 rings (SSSR count). The van der Waals surface area contributed by atoms with Gasteiger partial charge in [-0.05, 0) is 25.7 Å². The van der Waals surface area contributed by atoms with E-state index >= 15 is 0 Å². The number of allylic oxidation sites excluding steroid dienone is 1. The largest absolute Gasteiger partial charge is 0.478 e. The molecule has 23 heavy (non-hydrogen) atoms. The minimum Gasteiger partial charge on any atom is -0.478 e. The summed E-state index contributed by atoms with van der Waals surface area (Å²) in [5.74, 6) is -0.403. The zero-order valence-corrected chi connectivity index (χ0v) is 15.0. The Hall–Kier alpha value is -1.12. The summed E-state index contributed by atoms with van der Waals surface area (Å²) >= 11 is 0. The Labute approximate surface area is 142 Å². The molecule has 3 nitrogen and oxygen atoms in total. The van der Waals surface area contributed by atoms with Gasteiger partial charge in [0.25, 0.3) is 0 Å². The highest BCUT2D eigenvalue weighted by molar-refractivity contribution is 5.79. The Balaban J connectivity index is 3.18. The van der Waals surface area contributed by atoms with Gasteiger partial charge in [-0.3, -0.25) is 4.79 Å². The van der Waals surface area contributed by atoms with Gasteiger partial charge in [0.1, 0.15) is 5.78 Å². The molecule has 0 fully saturated rings. The first-order chi connectivity index (χ1) is 11.2. The normalized spacial score (nSPS) is 11.2. The Kier molecular flexibility index (Phi) is 16.4. The topological polar surface area (TPSA) is 54.4 Å². The number of carboxylic acids is 1. The molecule has 0 bridgehead atoms. The third kappa shape index (κ3) is 18.8. The summed E-state index contributed by atoms with van der Waals surface area (Å²) in [5, 5.41) is 8.45. The van der Waals surface area contributed by atoms with E-state index in [0.717, 1.165) is 38.5 Å². The lowest BCUT2D eigenvalue weighted by molar-refractivity contribution is -0.131. The molecule has 0 aliphatic rings. The van der Waals surface area contributed by atoms with E-state index in [0.29, 0.717) is 5.78 Å². The maximum Gasteiger partial charge on any atom is 0.327 e. The third-order valence-electron chi connectivity index (χ3n) is 4.15. The number of hydrogen-bond acceptors (Lipinski definition) is 2. The lowest BCUT2D eigenvalue weighted by Gasteiger charge is -2.02. The molecule has 0 atom stereocenters. The van der Waals surface area contributed by atoms with Crippen molar-refractivity contribution in [3.63, 3.8) is 0 Å². The lowest BCUT2D eigenvalue weighted by atomic mass is 10.0. The van der Waals surface area contributed by atoms with Gasteiger partial charge in [0.15, 0.2) is 0 Å². The van der Waals surface area contributed by atoms with Crippen molar-refractivity contribution in [2.24, 2.45) is 0 Å². The molecular formula is C20H36O3. The van der Waals surface area contributed by atoms with Crippen LogP contribution in [0.25, 0.3) is 0 Å². The van der Waals surface area contributed by atoms with Gasteiger partial charge in [-0.2, -0.15) is 0 Å². The van der Waals surface area contributed by atoms with Crippen molar-refractivity contribution >= 4 is 11.8 Å². The molecule has 0 aromatic carbocycles. The van der Waals surface area contributed by atoms with Crippen molar-refractivity contribution < 1.29 is 14.7 Å². The van der Waals surface area contributed by atoms with Crippen LogP contribution in [0.3, 0.4) is 0 Å². The van der Waals surface area contributed by atoms with E-state index in [1.165, 1.54) is 63.9 Å². The van der Waals surface area contributed by atoms with Crippen molar-refractivity contribution in [3.8, 4) is 0 Å². The SMILES string of the molecule is CCCCCCC(=O)CCCCCCCCCCC=CC(=O)O. The first-order valence-corrected chi connectivity index (χ1v) is 9.58. The number of aliphatic carboxylic acids is 1. The summed E-state index contributed by atoms with van der Waals surface area (Å²) in [4.78, 5) is 21.9. The molecule has 0 aliphatic carbocycles. The van der Waals surface area contributed by atoms with Gasteiger partial charge in [-0.15, -0.1) is 0 Å².